The second kappa shape index (κ2) is 4.05. The van der Waals surface area contributed by atoms with Gasteiger partial charge in [-0.2, -0.15) is 0 Å². The molecule has 7 heteroatoms. The van der Waals surface area contributed by atoms with E-state index in [9.17, 15) is 19.5 Å². The lowest BCUT2D eigenvalue weighted by Crippen LogP contribution is -2.44. The van der Waals surface area contributed by atoms with E-state index in [-0.39, 0.29) is 12.5 Å². The number of nitrogens with zero attached hydrogens (tertiary/aromatic N) is 1. The van der Waals surface area contributed by atoms with Crippen LogP contribution in [0, 0.1) is 11.8 Å². The van der Waals surface area contributed by atoms with E-state index < -0.39 is 41.5 Å². The van der Waals surface area contributed by atoms with Crippen molar-refractivity contribution >= 4 is 17.8 Å². The highest BCUT2D eigenvalue weighted by atomic mass is 16.5. The Morgan fingerprint density at radius 1 is 1.60 bits per heavy atom. The Balaban J connectivity index is 1.93. The fourth-order valence-corrected chi connectivity index (χ4v) is 3.44. The minimum Gasteiger partial charge on any atom is -0.481 e. The van der Waals surface area contributed by atoms with Crippen LogP contribution in [0.5, 0.6) is 0 Å². The molecule has 2 saturated heterocycles. The lowest BCUT2D eigenvalue weighted by molar-refractivity contribution is -0.153. The quantitative estimate of drug-likeness (QED) is 0.549. The zero-order valence-corrected chi connectivity index (χ0v) is 11.1. The Morgan fingerprint density at radius 3 is 2.90 bits per heavy atom. The molecule has 7 nitrogen and oxygen atoms in total. The van der Waals surface area contributed by atoms with Crippen molar-refractivity contribution in [3.63, 3.8) is 0 Å². The van der Waals surface area contributed by atoms with Crippen molar-refractivity contribution in [3.8, 4) is 0 Å². The molecule has 2 fully saturated rings. The van der Waals surface area contributed by atoms with Crippen molar-refractivity contribution in [3.05, 3.63) is 12.2 Å². The van der Waals surface area contributed by atoms with Crippen LogP contribution in [-0.4, -0.2) is 59.3 Å². The molecule has 108 valence electrons. The van der Waals surface area contributed by atoms with Crippen molar-refractivity contribution in [1.29, 1.82) is 0 Å². The molecule has 0 aromatic rings. The number of carbonyl (C=O) groups is 3. The Bertz CT molecular complexity index is 529. The molecule has 0 saturated carbocycles. The van der Waals surface area contributed by atoms with Gasteiger partial charge in [0, 0.05) is 0 Å². The lowest BCUT2D eigenvalue weighted by Gasteiger charge is -2.25. The molecule has 3 rings (SSSR count). The molecule has 5 unspecified atom stereocenters. The lowest BCUT2D eigenvalue weighted by atomic mass is 9.77. The number of hydrogen-bond acceptors (Lipinski definition) is 5. The van der Waals surface area contributed by atoms with E-state index in [0.717, 1.165) is 0 Å². The number of carbonyl (C=O) groups excluding carboxylic acids is 2. The third kappa shape index (κ3) is 1.46. The number of likely N-dealkylation sites (tertiary alicyclic amines) is 1. The van der Waals surface area contributed by atoms with Gasteiger partial charge in [0.15, 0.2) is 0 Å². The van der Waals surface area contributed by atoms with Gasteiger partial charge in [-0.1, -0.05) is 12.2 Å². The molecule has 0 aliphatic carbocycles. The van der Waals surface area contributed by atoms with Gasteiger partial charge >= 0.3 is 11.9 Å². The van der Waals surface area contributed by atoms with E-state index in [2.05, 4.69) is 4.74 Å². The fourth-order valence-electron chi connectivity index (χ4n) is 3.44. The van der Waals surface area contributed by atoms with Gasteiger partial charge < -0.3 is 19.5 Å². The summed E-state index contributed by atoms with van der Waals surface area (Å²) in [5.74, 6) is -3.58. The first kappa shape index (κ1) is 13.1. The summed E-state index contributed by atoms with van der Waals surface area (Å²) in [7, 11) is 1.25. The predicted octanol–water partition coefficient (Wildman–Crippen LogP) is -0.586. The Hall–Kier alpha value is -1.89. The zero-order valence-electron chi connectivity index (χ0n) is 11.1. The first-order valence-corrected chi connectivity index (χ1v) is 6.39. The minimum atomic E-state index is -1.05. The van der Waals surface area contributed by atoms with E-state index in [4.69, 9.17) is 4.74 Å². The van der Waals surface area contributed by atoms with Crippen LogP contribution in [0.25, 0.3) is 0 Å². The number of carboxylic acid groups (broad SMARTS) is 1. The zero-order chi connectivity index (χ0) is 14.7. The van der Waals surface area contributed by atoms with Crippen molar-refractivity contribution < 1.29 is 29.0 Å². The number of hydrogen-bond donors (Lipinski definition) is 1. The minimum absolute atomic E-state index is 0.184. The van der Waals surface area contributed by atoms with Crippen LogP contribution in [-0.2, 0) is 23.9 Å². The van der Waals surface area contributed by atoms with Crippen molar-refractivity contribution in [1.82, 2.24) is 4.90 Å². The number of esters is 1. The number of aliphatic carboxylic acids is 1. The molecule has 1 amide bonds. The van der Waals surface area contributed by atoms with Crippen molar-refractivity contribution in [2.24, 2.45) is 11.8 Å². The smallest absolute Gasteiger partial charge is 0.328 e. The van der Waals surface area contributed by atoms with Crippen LogP contribution in [0.3, 0.4) is 0 Å². The van der Waals surface area contributed by atoms with Gasteiger partial charge in [0.05, 0.1) is 25.7 Å². The van der Waals surface area contributed by atoms with Crippen LogP contribution in [0.15, 0.2) is 12.2 Å². The highest BCUT2D eigenvalue weighted by Crippen LogP contribution is 2.52. The summed E-state index contributed by atoms with van der Waals surface area (Å²) < 4.78 is 10.4. The van der Waals surface area contributed by atoms with E-state index in [1.807, 2.05) is 0 Å². The first-order valence-electron chi connectivity index (χ1n) is 6.39. The van der Waals surface area contributed by atoms with Crippen molar-refractivity contribution in [2.45, 2.75) is 24.7 Å². The molecular formula is C13H15NO6. The van der Waals surface area contributed by atoms with E-state index in [1.54, 1.807) is 19.1 Å². The summed E-state index contributed by atoms with van der Waals surface area (Å²) in [6, 6.07) is -0.752. The maximum absolute atomic E-state index is 12.5. The van der Waals surface area contributed by atoms with E-state index in [0.29, 0.717) is 0 Å². The molecule has 3 heterocycles. The number of carboxylic acids is 1. The summed E-state index contributed by atoms with van der Waals surface area (Å²) in [4.78, 5) is 36.8. The third-order valence-electron chi connectivity index (χ3n) is 4.42. The molecule has 5 atom stereocenters. The maximum Gasteiger partial charge on any atom is 0.328 e. The molecular weight excluding hydrogens is 266 g/mol. The number of fused-ring (bicyclic) bond motifs is 1. The number of rotatable bonds is 3. The first-order chi connectivity index (χ1) is 9.41. The van der Waals surface area contributed by atoms with Gasteiger partial charge in [-0.3, -0.25) is 9.59 Å². The van der Waals surface area contributed by atoms with Gasteiger partial charge in [-0.05, 0) is 6.92 Å². The summed E-state index contributed by atoms with van der Waals surface area (Å²) in [6.07, 6.45) is 2.88. The number of methoxy groups -OCH3 is 1. The summed E-state index contributed by atoms with van der Waals surface area (Å²) in [5, 5.41) is 9.30. The van der Waals surface area contributed by atoms with E-state index in [1.165, 1.54) is 12.0 Å². The summed E-state index contributed by atoms with van der Waals surface area (Å²) in [6.45, 7) is 1.75. The molecule has 0 radical (unpaired) electrons. The molecule has 0 aromatic heterocycles. The van der Waals surface area contributed by atoms with Crippen LogP contribution in [0.1, 0.15) is 6.92 Å². The highest BCUT2D eigenvalue weighted by molar-refractivity contribution is 5.93. The molecule has 0 aromatic carbocycles. The molecule has 1 spiro atoms. The maximum atomic E-state index is 12.5. The molecule has 3 aliphatic heterocycles. The van der Waals surface area contributed by atoms with Crippen LogP contribution < -0.4 is 0 Å². The van der Waals surface area contributed by atoms with Crippen LogP contribution in [0.4, 0.5) is 0 Å². The van der Waals surface area contributed by atoms with Crippen molar-refractivity contribution in [2.75, 3.05) is 13.7 Å². The second-order valence-corrected chi connectivity index (χ2v) is 5.40. The average Bonchev–Trinajstić information content (AvgIpc) is 3.05. The second-order valence-electron chi connectivity index (χ2n) is 5.40. The van der Waals surface area contributed by atoms with Gasteiger partial charge in [0.1, 0.15) is 17.6 Å². The summed E-state index contributed by atoms with van der Waals surface area (Å²) >= 11 is 0. The van der Waals surface area contributed by atoms with Gasteiger partial charge in [0.25, 0.3) is 0 Å². The fraction of sp³-hybridized carbons (Fsp3) is 0.615. The topological polar surface area (TPSA) is 93.1 Å². The standard InChI is InChI=1S/C13H15NO6/c1-6(12(18)19-2)14-5-13-4-3-7(20-13)8(11(16)17)9(13)10(14)15/h3-4,6-9H,5H2,1-2H3,(H,16,17). The monoisotopic (exact) mass is 281 g/mol. The highest BCUT2D eigenvalue weighted by Gasteiger charge is 2.67. The largest absolute Gasteiger partial charge is 0.481 e. The number of ether oxygens (including phenoxy) is 2. The molecule has 20 heavy (non-hydrogen) atoms. The van der Waals surface area contributed by atoms with Crippen LogP contribution in [0.2, 0.25) is 0 Å². The third-order valence-corrected chi connectivity index (χ3v) is 4.42. The molecule has 2 bridgehead atoms. The summed E-state index contributed by atoms with van der Waals surface area (Å²) in [5.41, 5.74) is -0.910. The molecule has 3 aliphatic rings. The van der Waals surface area contributed by atoms with Gasteiger partial charge in [0.2, 0.25) is 5.91 Å². The normalized spacial score (nSPS) is 39.0. The van der Waals surface area contributed by atoms with Crippen LogP contribution >= 0.6 is 0 Å². The predicted molar refractivity (Wildman–Crippen MR) is 64.6 cm³/mol. The SMILES string of the molecule is COC(=O)C(C)N1CC23C=CC(O2)C(C(=O)O)C3C1=O. The van der Waals surface area contributed by atoms with E-state index >= 15 is 0 Å². The van der Waals surface area contributed by atoms with Gasteiger partial charge in [-0.25, -0.2) is 4.79 Å². The van der Waals surface area contributed by atoms with Gasteiger partial charge in [-0.15, -0.1) is 0 Å². The Labute approximate surface area is 115 Å². The number of amides is 1. The average molecular weight is 281 g/mol. The Morgan fingerprint density at radius 2 is 2.30 bits per heavy atom. The Kier molecular flexibility index (Phi) is 2.66. The molecule has 1 N–H and O–H groups in total.